The van der Waals surface area contributed by atoms with Crippen molar-refractivity contribution in [2.24, 2.45) is 0 Å². The lowest BCUT2D eigenvalue weighted by molar-refractivity contribution is -0.137. The van der Waals surface area contributed by atoms with E-state index in [4.69, 9.17) is 9.15 Å². The molecule has 2 aromatic carbocycles. The fourth-order valence-corrected chi connectivity index (χ4v) is 2.31. The number of nitrogens with one attached hydrogen (secondary N) is 1. The Kier molecular flexibility index (Phi) is 5.11. The summed E-state index contributed by atoms with van der Waals surface area (Å²) in [5.41, 5.74) is -0.581. The second kappa shape index (κ2) is 7.48. The van der Waals surface area contributed by atoms with Gasteiger partial charge in [0.05, 0.1) is 11.3 Å². The molecular formula is C18H14F3N3O3. The van der Waals surface area contributed by atoms with E-state index in [0.29, 0.717) is 17.2 Å². The first-order valence-electron chi connectivity index (χ1n) is 7.85. The van der Waals surface area contributed by atoms with Gasteiger partial charge in [-0.2, -0.15) is 13.2 Å². The number of ether oxygens (including phenoxy) is 1. The number of carbonyl (C=O) groups is 1. The lowest BCUT2D eigenvalue weighted by Gasteiger charge is -2.17. The number of rotatable bonds is 5. The highest BCUT2D eigenvalue weighted by Gasteiger charge is 2.34. The standard InChI is InChI=1S/C18H14F3N3O3/c1-11(16(25)23-15-5-3-2-4-14(15)18(19,20)21)27-13-8-6-12(7-9-13)17-24-22-10-26-17/h2-11H,1H3,(H,23,25)/t11-/m0/s1. The van der Waals surface area contributed by atoms with Crippen molar-refractivity contribution in [1.29, 1.82) is 0 Å². The zero-order chi connectivity index (χ0) is 19.4. The van der Waals surface area contributed by atoms with Gasteiger partial charge >= 0.3 is 6.18 Å². The van der Waals surface area contributed by atoms with Crippen LogP contribution in [0.1, 0.15) is 12.5 Å². The van der Waals surface area contributed by atoms with Crippen LogP contribution in [0.3, 0.4) is 0 Å². The third-order valence-corrected chi connectivity index (χ3v) is 3.63. The van der Waals surface area contributed by atoms with Gasteiger partial charge in [-0.15, -0.1) is 10.2 Å². The molecule has 1 aromatic heterocycles. The summed E-state index contributed by atoms with van der Waals surface area (Å²) in [6.07, 6.45) is -4.38. The van der Waals surface area contributed by atoms with Crippen molar-refractivity contribution in [2.45, 2.75) is 19.2 Å². The number of anilines is 1. The van der Waals surface area contributed by atoms with Crippen LogP contribution in [0.5, 0.6) is 5.75 Å². The van der Waals surface area contributed by atoms with Gasteiger partial charge in [-0.25, -0.2) is 0 Å². The first kappa shape index (κ1) is 18.4. The zero-order valence-corrected chi connectivity index (χ0v) is 14.0. The van der Waals surface area contributed by atoms with E-state index < -0.39 is 23.8 Å². The Morgan fingerprint density at radius 3 is 2.48 bits per heavy atom. The van der Waals surface area contributed by atoms with Crippen LogP contribution in [-0.2, 0) is 11.0 Å². The van der Waals surface area contributed by atoms with Crippen LogP contribution in [0.15, 0.2) is 59.3 Å². The molecule has 9 heteroatoms. The van der Waals surface area contributed by atoms with Crippen LogP contribution in [0.25, 0.3) is 11.5 Å². The zero-order valence-electron chi connectivity index (χ0n) is 14.0. The topological polar surface area (TPSA) is 77.2 Å². The molecule has 0 saturated carbocycles. The average molecular weight is 377 g/mol. The molecule has 1 N–H and O–H groups in total. The number of halogens is 3. The molecule has 1 heterocycles. The van der Waals surface area contributed by atoms with Crippen LogP contribution in [-0.4, -0.2) is 22.2 Å². The summed E-state index contributed by atoms with van der Waals surface area (Å²) in [4.78, 5) is 12.2. The number of hydrogen-bond donors (Lipinski definition) is 1. The summed E-state index contributed by atoms with van der Waals surface area (Å²) < 4.78 is 49.6. The van der Waals surface area contributed by atoms with E-state index in [-0.39, 0.29) is 5.69 Å². The smallest absolute Gasteiger partial charge is 0.418 e. The van der Waals surface area contributed by atoms with E-state index in [1.54, 1.807) is 24.3 Å². The van der Waals surface area contributed by atoms with Crippen LogP contribution in [0.2, 0.25) is 0 Å². The highest BCUT2D eigenvalue weighted by atomic mass is 19.4. The summed E-state index contributed by atoms with van der Waals surface area (Å²) in [7, 11) is 0. The van der Waals surface area contributed by atoms with Crippen molar-refractivity contribution >= 4 is 11.6 Å². The number of aromatic nitrogens is 2. The number of alkyl halides is 3. The summed E-state index contributed by atoms with van der Waals surface area (Å²) >= 11 is 0. The maximum absolute atomic E-state index is 13.0. The quantitative estimate of drug-likeness (QED) is 0.722. The van der Waals surface area contributed by atoms with Crippen LogP contribution < -0.4 is 10.1 Å². The third-order valence-electron chi connectivity index (χ3n) is 3.63. The maximum Gasteiger partial charge on any atom is 0.418 e. The van der Waals surface area contributed by atoms with Crippen molar-refractivity contribution in [3.63, 3.8) is 0 Å². The van der Waals surface area contributed by atoms with E-state index in [9.17, 15) is 18.0 Å². The molecule has 0 aliphatic carbocycles. The van der Waals surface area contributed by atoms with Crippen molar-refractivity contribution in [1.82, 2.24) is 10.2 Å². The van der Waals surface area contributed by atoms with Gasteiger partial charge in [0, 0.05) is 5.56 Å². The minimum absolute atomic E-state index is 0.322. The van der Waals surface area contributed by atoms with Crippen molar-refractivity contribution in [2.75, 3.05) is 5.32 Å². The molecule has 27 heavy (non-hydrogen) atoms. The predicted molar refractivity (Wildman–Crippen MR) is 89.9 cm³/mol. The molecule has 0 radical (unpaired) electrons. The van der Waals surface area contributed by atoms with Gasteiger partial charge in [-0.1, -0.05) is 12.1 Å². The Morgan fingerprint density at radius 2 is 1.85 bits per heavy atom. The van der Waals surface area contributed by atoms with Crippen LogP contribution in [0, 0.1) is 0 Å². The van der Waals surface area contributed by atoms with Gasteiger partial charge in [0.2, 0.25) is 12.3 Å². The fraction of sp³-hybridized carbons (Fsp3) is 0.167. The Morgan fingerprint density at radius 1 is 1.15 bits per heavy atom. The summed E-state index contributed by atoms with van der Waals surface area (Å²) in [5, 5.41) is 9.60. The highest BCUT2D eigenvalue weighted by molar-refractivity contribution is 5.94. The van der Waals surface area contributed by atoms with Crippen molar-refractivity contribution in [3.05, 3.63) is 60.5 Å². The molecule has 0 fully saturated rings. The van der Waals surface area contributed by atoms with Gasteiger partial charge < -0.3 is 14.5 Å². The second-order valence-corrected chi connectivity index (χ2v) is 5.56. The summed E-state index contributed by atoms with van der Waals surface area (Å²) in [6.45, 7) is 1.44. The molecular weight excluding hydrogens is 363 g/mol. The molecule has 0 bridgehead atoms. The van der Waals surface area contributed by atoms with E-state index in [1.807, 2.05) is 0 Å². The summed E-state index contributed by atoms with van der Waals surface area (Å²) in [5.74, 6) is -0.00574. The number of carbonyl (C=O) groups excluding carboxylic acids is 1. The Hall–Kier alpha value is -3.36. The Labute approximate surface area is 152 Å². The number of hydrogen-bond acceptors (Lipinski definition) is 5. The minimum atomic E-state index is -4.57. The first-order chi connectivity index (χ1) is 12.8. The molecule has 140 valence electrons. The molecule has 0 spiro atoms. The monoisotopic (exact) mass is 377 g/mol. The maximum atomic E-state index is 13.0. The molecule has 6 nitrogen and oxygen atoms in total. The second-order valence-electron chi connectivity index (χ2n) is 5.56. The number of para-hydroxylation sites is 1. The number of nitrogens with zero attached hydrogens (tertiary/aromatic N) is 2. The minimum Gasteiger partial charge on any atom is -0.481 e. The predicted octanol–water partition coefficient (Wildman–Crippen LogP) is 4.16. The summed E-state index contributed by atoms with van der Waals surface area (Å²) in [6, 6.07) is 11.2. The molecule has 0 aliphatic rings. The normalized spacial score (nSPS) is 12.4. The molecule has 0 aliphatic heterocycles. The van der Waals surface area contributed by atoms with Gasteiger partial charge in [0.1, 0.15) is 5.75 Å². The lowest BCUT2D eigenvalue weighted by Crippen LogP contribution is -2.31. The van der Waals surface area contributed by atoms with Crippen molar-refractivity contribution in [3.8, 4) is 17.2 Å². The fourth-order valence-electron chi connectivity index (χ4n) is 2.31. The lowest BCUT2D eigenvalue weighted by atomic mass is 10.1. The third kappa shape index (κ3) is 4.43. The molecule has 0 unspecified atom stereocenters. The van der Waals surface area contributed by atoms with Crippen LogP contribution in [0.4, 0.5) is 18.9 Å². The average Bonchev–Trinajstić information content (AvgIpc) is 3.16. The molecule has 1 amide bonds. The van der Waals surface area contributed by atoms with E-state index in [0.717, 1.165) is 6.07 Å². The van der Waals surface area contributed by atoms with E-state index >= 15 is 0 Å². The molecule has 3 rings (SSSR count). The van der Waals surface area contributed by atoms with Gasteiger partial charge in [0.25, 0.3) is 5.91 Å². The highest BCUT2D eigenvalue weighted by Crippen LogP contribution is 2.34. The van der Waals surface area contributed by atoms with Gasteiger partial charge in [0.15, 0.2) is 6.10 Å². The largest absolute Gasteiger partial charge is 0.481 e. The SMILES string of the molecule is C[C@H](Oc1ccc(-c2nnco2)cc1)C(=O)Nc1ccccc1C(F)(F)F. The van der Waals surface area contributed by atoms with E-state index in [1.165, 1.54) is 31.5 Å². The molecule has 3 aromatic rings. The number of amides is 1. The van der Waals surface area contributed by atoms with Crippen LogP contribution >= 0.6 is 0 Å². The van der Waals surface area contributed by atoms with Gasteiger partial charge in [-0.05, 0) is 43.3 Å². The van der Waals surface area contributed by atoms with Gasteiger partial charge in [-0.3, -0.25) is 4.79 Å². The molecule has 1 atom stereocenters. The molecule has 0 saturated heterocycles. The Bertz CT molecular complexity index is 910. The number of benzene rings is 2. The Balaban J connectivity index is 1.66. The van der Waals surface area contributed by atoms with Crippen molar-refractivity contribution < 1.29 is 27.1 Å². The first-order valence-corrected chi connectivity index (χ1v) is 7.85. The van der Waals surface area contributed by atoms with E-state index in [2.05, 4.69) is 15.5 Å².